The Hall–Kier alpha value is -2.64. The molecule has 1 fully saturated rings. The molecule has 130 valence electrons. The lowest BCUT2D eigenvalue weighted by atomic mass is 10.1. The number of carbonyl (C=O) groups is 2. The molecule has 25 heavy (non-hydrogen) atoms. The number of carboxylic acid groups (broad SMARTS) is 1. The highest BCUT2D eigenvalue weighted by Gasteiger charge is 2.19. The number of ether oxygens (including phenoxy) is 1. The zero-order chi connectivity index (χ0) is 17.6. The molecule has 0 bridgehead atoms. The SMILES string of the molecule is O=C(/C=C\c1cccs1)Nc1ccc(N2CCOCC2)c(C(=O)O)c1. The number of carboxylic acids is 1. The Balaban J connectivity index is 1.74. The second kappa shape index (κ2) is 7.96. The molecule has 0 spiro atoms. The maximum atomic E-state index is 12.0. The normalized spacial score (nSPS) is 14.6. The number of thiophene rings is 1. The number of morpholine rings is 1. The summed E-state index contributed by atoms with van der Waals surface area (Å²) in [6, 6.07) is 8.76. The van der Waals surface area contributed by atoms with Crippen molar-refractivity contribution in [2.75, 3.05) is 36.5 Å². The summed E-state index contributed by atoms with van der Waals surface area (Å²) in [6.07, 6.45) is 3.16. The van der Waals surface area contributed by atoms with Gasteiger partial charge in [0.25, 0.3) is 0 Å². The van der Waals surface area contributed by atoms with Crippen molar-refractivity contribution in [3.05, 3.63) is 52.2 Å². The third-order valence-electron chi connectivity index (χ3n) is 3.79. The molecule has 1 aromatic carbocycles. The van der Waals surface area contributed by atoms with Gasteiger partial charge in [-0.3, -0.25) is 4.79 Å². The van der Waals surface area contributed by atoms with E-state index < -0.39 is 5.97 Å². The number of nitrogens with zero attached hydrogens (tertiary/aromatic N) is 1. The first kappa shape index (κ1) is 17.2. The molecular weight excluding hydrogens is 340 g/mol. The minimum Gasteiger partial charge on any atom is -0.478 e. The molecule has 1 aromatic heterocycles. The second-order valence-corrected chi connectivity index (χ2v) is 6.45. The van der Waals surface area contributed by atoms with Crippen LogP contribution in [0.25, 0.3) is 6.08 Å². The van der Waals surface area contributed by atoms with Gasteiger partial charge in [-0.25, -0.2) is 4.79 Å². The molecule has 7 heteroatoms. The van der Waals surface area contributed by atoms with Crippen LogP contribution in [0.4, 0.5) is 11.4 Å². The van der Waals surface area contributed by atoms with E-state index in [1.165, 1.54) is 23.5 Å². The first-order valence-corrected chi connectivity index (χ1v) is 8.74. The van der Waals surface area contributed by atoms with Gasteiger partial charge in [0.2, 0.25) is 5.91 Å². The molecule has 6 nitrogen and oxygen atoms in total. The van der Waals surface area contributed by atoms with E-state index in [2.05, 4.69) is 5.32 Å². The highest BCUT2D eigenvalue weighted by Crippen LogP contribution is 2.25. The monoisotopic (exact) mass is 358 g/mol. The van der Waals surface area contributed by atoms with Gasteiger partial charge in [0.15, 0.2) is 0 Å². The number of benzene rings is 1. The van der Waals surface area contributed by atoms with Crippen LogP contribution >= 0.6 is 11.3 Å². The van der Waals surface area contributed by atoms with Gasteiger partial charge < -0.3 is 20.1 Å². The zero-order valence-corrected chi connectivity index (χ0v) is 14.3. The summed E-state index contributed by atoms with van der Waals surface area (Å²) < 4.78 is 5.30. The Bertz CT molecular complexity index is 780. The highest BCUT2D eigenvalue weighted by molar-refractivity contribution is 7.10. The van der Waals surface area contributed by atoms with Gasteiger partial charge in [0.1, 0.15) is 0 Å². The van der Waals surface area contributed by atoms with E-state index in [4.69, 9.17) is 4.74 Å². The summed E-state index contributed by atoms with van der Waals surface area (Å²) in [5.74, 6) is -1.32. The number of hydrogen-bond acceptors (Lipinski definition) is 5. The maximum absolute atomic E-state index is 12.0. The van der Waals surface area contributed by atoms with Crippen LogP contribution in [0.2, 0.25) is 0 Å². The Morgan fingerprint density at radius 1 is 1.24 bits per heavy atom. The third-order valence-corrected chi connectivity index (χ3v) is 4.63. The maximum Gasteiger partial charge on any atom is 0.337 e. The van der Waals surface area contributed by atoms with Crippen LogP contribution < -0.4 is 10.2 Å². The third kappa shape index (κ3) is 4.46. The van der Waals surface area contributed by atoms with E-state index in [-0.39, 0.29) is 11.5 Å². The van der Waals surface area contributed by atoms with Gasteiger partial charge in [-0.2, -0.15) is 0 Å². The quantitative estimate of drug-likeness (QED) is 0.804. The lowest BCUT2D eigenvalue weighted by molar-refractivity contribution is -0.111. The van der Waals surface area contributed by atoms with Crippen molar-refractivity contribution in [2.45, 2.75) is 0 Å². The molecule has 1 aliphatic rings. The van der Waals surface area contributed by atoms with E-state index in [0.29, 0.717) is 37.7 Å². The topological polar surface area (TPSA) is 78.9 Å². The summed E-state index contributed by atoms with van der Waals surface area (Å²) in [5.41, 5.74) is 1.26. The molecule has 1 aliphatic heterocycles. The smallest absolute Gasteiger partial charge is 0.337 e. The lowest BCUT2D eigenvalue weighted by Gasteiger charge is -2.30. The lowest BCUT2D eigenvalue weighted by Crippen LogP contribution is -2.37. The predicted molar refractivity (Wildman–Crippen MR) is 98.4 cm³/mol. The highest BCUT2D eigenvalue weighted by atomic mass is 32.1. The van der Waals surface area contributed by atoms with E-state index in [0.717, 1.165) is 4.88 Å². The fourth-order valence-corrected chi connectivity index (χ4v) is 3.21. The minimum atomic E-state index is -1.02. The van der Waals surface area contributed by atoms with Gasteiger partial charge in [0, 0.05) is 29.7 Å². The molecule has 0 radical (unpaired) electrons. The fourth-order valence-electron chi connectivity index (χ4n) is 2.59. The second-order valence-electron chi connectivity index (χ2n) is 5.47. The summed E-state index contributed by atoms with van der Waals surface area (Å²) in [5, 5.41) is 14.1. The summed E-state index contributed by atoms with van der Waals surface area (Å²) >= 11 is 1.54. The van der Waals surface area contributed by atoms with Crippen LogP contribution in [0.3, 0.4) is 0 Å². The van der Waals surface area contributed by atoms with Gasteiger partial charge in [-0.05, 0) is 35.7 Å². The van der Waals surface area contributed by atoms with E-state index in [1.54, 1.807) is 18.2 Å². The van der Waals surface area contributed by atoms with Crippen LogP contribution in [0.5, 0.6) is 0 Å². The molecule has 0 saturated carbocycles. The van der Waals surface area contributed by atoms with Crippen molar-refractivity contribution >= 4 is 40.7 Å². The van der Waals surface area contributed by atoms with Crippen LogP contribution in [0, 0.1) is 0 Å². The molecular formula is C18H18N2O4S. The zero-order valence-electron chi connectivity index (χ0n) is 13.5. The number of amides is 1. The van der Waals surface area contributed by atoms with Crippen molar-refractivity contribution in [1.29, 1.82) is 0 Å². The van der Waals surface area contributed by atoms with Crippen LogP contribution in [0.1, 0.15) is 15.2 Å². The molecule has 3 rings (SSSR count). The number of aromatic carboxylic acids is 1. The van der Waals surface area contributed by atoms with Gasteiger partial charge in [-0.15, -0.1) is 11.3 Å². The Labute approximate surface area is 149 Å². The molecule has 2 heterocycles. The van der Waals surface area contributed by atoms with Crippen LogP contribution in [-0.2, 0) is 9.53 Å². The minimum absolute atomic E-state index is 0.168. The molecule has 1 saturated heterocycles. The standard InChI is InChI=1S/C18H18N2O4S/c21-17(6-4-14-2-1-11-25-14)19-13-3-5-16(15(12-13)18(22)23)20-7-9-24-10-8-20/h1-6,11-12H,7-10H2,(H,19,21)(H,22,23)/b6-4-. The number of carbonyl (C=O) groups excluding carboxylic acids is 1. The molecule has 1 amide bonds. The average molecular weight is 358 g/mol. The first-order valence-electron chi connectivity index (χ1n) is 7.86. The number of hydrogen-bond donors (Lipinski definition) is 2. The summed E-state index contributed by atoms with van der Waals surface area (Å²) in [7, 11) is 0. The molecule has 2 aromatic rings. The van der Waals surface area contributed by atoms with Crippen molar-refractivity contribution in [3.8, 4) is 0 Å². The van der Waals surface area contributed by atoms with Gasteiger partial charge in [0.05, 0.1) is 24.5 Å². The fraction of sp³-hybridized carbons (Fsp3) is 0.222. The van der Waals surface area contributed by atoms with Gasteiger partial charge >= 0.3 is 5.97 Å². The molecule has 0 atom stereocenters. The van der Waals surface area contributed by atoms with E-state index in [9.17, 15) is 14.7 Å². The Morgan fingerprint density at radius 2 is 2.04 bits per heavy atom. The van der Waals surface area contributed by atoms with Crippen LogP contribution in [0.15, 0.2) is 41.8 Å². The van der Waals surface area contributed by atoms with E-state index in [1.807, 2.05) is 22.4 Å². The molecule has 2 N–H and O–H groups in total. The number of anilines is 2. The van der Waals surface area contributed by atoms with Crippen molar-refractivity contribution < 1.29 is 19.4 Å². The Morgan fingerprint density at radius 3 is 2.72 bits per heavy atom. The van der Waals surface area contributed by atoms with Crippen molar-refractivity contribution in [3.63, 3.8) is 0 Å². The largest absolute Gasteiger partial charge is 0.478 e. The number of nitrogens with one attached hydrogen (secondary N) is 1. The number of rotatable bonds is 5. The van der Waals surface area contributed by atoms with Gasteiger partial charge in [-0.1, -0.05) is 6.07 Å². The molecule has 0 aliphatic carbocycles. The average Bonchev–Trinajstić information content (AvgIpc) is 3.14. The van der Waals surface area contributed by atoms with E-state index >= 15 is 0 Å². The van der Waals surface area contributed by atoms with Crippen molar-refractivity contribution in [2.24, 2.45) is 0 Å². The first-order chi connectivity index (χ1) is 12.1. The summed E-state index contributed by atoms with van der Waals surface area (Å²) in [4.78, 5) is 26.6. The Kier molecular flexibility index (Phi) is 5.47. The van der Waals surface area contributed by atoms with Crippen LogP contribution in [-0.4, -0.2) is 43.3 Å². The predicted octanol–water partition coefficient (Wildman–Crippen LogP) is 2.93. The molecule has 0 unspecified atom stereocenters. The van der Waals surface area contributed by atoms with Crippen molar-refractivity contribution in [1.82, 2.24) is 0 Å². The summed E-state index contributed by atoms with van der Waals surface area (Å²) in [6.45, 7) is 2.45.